The minimum Gasteiger partial charge on any atom is -0.459 e. The van der Waals surface area contributed by atoms with E-state index in [2.05, 4.69) is 22.2 Å². The largest absolute Gasteiger partial charge is 0.459 e. The van der Waals surface area contributed by atoms with E-state index in [1.54, 1.807) is 12.1 Å². The Kier molecular flexibility index (Phi) is 3.92. The van der Waals surface area contributed by atoms with E-state index in [0.717, 1.165) is 31.9 Å². The highest BCUT2D eigenvalue weighted by molar-refractivity contribution is 6.02. The van der Waals surface area contributed by atoms with Gasteiger partial charge in [0.1, 0.15) is 0 Å². The number of rotatable bonds is 3. The molecule has 1 N–H and O–H groups in total. The van der Waals surface area contributed by atoms with Gasteiger partial charge in [0.25, 0.3) is 5.91 Å². The van der Waals surface area contributed by atoms with Gasteiger partial charge in [-0.3, -0.25) is 4.79 Å². The number of likely N-dealkylation sites (N-methyl/N-ethyl adjacent to an activating group) is 1. The van der Waals surface area contributed by atoms with Gasteiger partial charge in [-0.15, -0.1) is 0 Å². The molecule has 1 fully saturated rings. The smallest absolute Gasteiger partial charge is 0.291 e. The highest BCUT2D eigenvalue weighted by atomic mass is 16.3. The molecule has 0 radical (unpaired) electrons. The van der Waals surface area contributed by atoms with Crippen LogP contribution in [0.5, 0.6) is 0 Å². The molecule has 1 amide bonds. The molecule has 5 nitrogen and oxygen atoms in total. The molecule has 3 rings (SSSR count). The van der Waals surface area contributed by atoms with Crippen molar-refractivity contribution in [2.24, 2.45) is 0 Å². The SMILES string of the molecule is CN1CCN(c2ccc(NC(=O)c3ccco3)cc2)CC1. The number of hydrogen-bond donors (Lipinski definition) is 1. The van der Waals surface area contributed by atoms with Crippen molar-refractivity contribution in [3.05, 3.63) is 48.4 Å². The van der Waals surface area contributed by atoms with Gasteiger partial charge in [-0.05, 0) is 43.4 Å². The summed E-state index contributed by atoms with van der Waals surface area (Å²) in [6.45, 7) is 4.23. The molecular weight excluding hydrogens is 266 g/mol. The first-order valence-corrected chi connectivity index (χ1v) is 7.11. The van der Waals surface area contributed by atoms with Crippen molar-refractivity contribution < 1.29 is 9.21 Å². The van der Waals surface area contributed by atoms with Gasteiger partial charge in [-0.2, -0.15) is 0 Å². The Bertz CT molecular complexity index is 584. The second kappa shape index (κ2) is 6.01. The summed E-state index contributed by atoms with van der Waals surface area (Å²) in [5.74, 6) is 0.0884. The Hall–Kier alpha value is -2.27. The molecule has 0 atom stereocenters. The lowest BCUT2D eigenvalue weighted by atomic mass is 10.2. The number of amides is 1. The van der Waals surface area contributed by atoms with Crippen molar-refractivity contribution in [1.82, 2.24) is 4.90 Å². The summed E-state index contributed by atoms with van der Waals surface area (Å²) < 4.78 is 5.07. The van der Waals surface area contributed by atoms with Gasteiger partial charge < -0.3 is 19.5 Å². The van der Waals surface area contributed by atoms with E-state index in [-0.39, 0.29) is 5.91 Å². The van der Waals surface area contributed by atoms with E-state index in [9.17, 15) is 4.79 Å². The summed E-state index contributed by atoms with van der Waals surface area (Å²) in [6, 6.07) is 11.3. The Morgan fingerprint density at radius 3 is 2.43 bits per heavy atom. The zero-order valence-corrected chi connectivity index (χ0v) is 12.1. The lowest BCUT2D eigenvalue weighted by Crippen LogP contribution is -2.44. The molecule has 1 saturated heterocycles. The molecule has 2 aromatic rings. The quantitative estimate of drug-likeness (QED) is 0.940. The van der Waals surface area contributed by atoms with Gasteiger partial charge in [0, 0.05) is 37.6 Å². The molecule has 0 bridgehead atoms. The van der Waals surface area contributed by atoms with Gasteiger partial charge in [-0.1, -0.05) is 0 Å². The van der Waals surface area contributed by atoms with Crippen LogP contribution in [0.15, 0.2) is 47.1 Å². The Labute approximate surface area is 124 Å². The van der Waals surface area contributed by atoms with Crippen LogP contribution in [0.2, 0.25) is 0 Å². The number of piperazine rings is 1. The Balaban J connectivity index is 1.63. The molecule has 1 aromatic carbocycles. The number of carbonyl (C=O) groups excluding carboxylic acids is 1. The van der Waals surface area contributed by atoms with Crippen molar-refractivity contribution in [2.75, 3.05) is 43.4 Å². The van der Waals surface area contributed by atoms with E-state index in [1.165, 1.54) is 12.0 Å². The number of hydrogen-bond acceptors (Lipinski definition) is 4. The number of anilines is 2. The maximum atomic E-state index is 11.9. The fraction of sp³-hybridized carbons (Fsp3) is 0.312. The molecule has 2 heterocycles. The van der Waals surface area contributed by atoms with E-state index < -0.39 is 0 Å². The van der Waals surface area contributed by atoms with Crippen LogP contribution in [0.1, 0.15) is 10.6 Å². The third-order valence-electron chi connectivity index (χ3n) is 3.74. The molecule has 5 heteroatoms. The summed E-state index contributed by atoms with van der Waals surface area (Å²) in [6.07, 6.45) is 1.49. The molecule has 1 aromatic heterocycles. The number of nitrogens with one attached hydrogen (secondary N) is 1. The summed E-state index contributed by atoms with van der Waals surface area (Å²) >= 11 is 0. The molecular formula is C16H19N3O2. The maximum Gasteiger partial charge on any atom is 0.291 e. The fourth-order valence-corrected chi connectivity index (χ4v) is 2.42. The second-order valence-corrected chi connectivity index (χ2v) is 5.27. The van der Waals surface area contributed by atoms with Gasteiger partial charge in [-0.25, -0.2) is 0 Å². The highest BCUT2D eigenvalue weighted by Gasteiger charge is 2.14. The first-order chi connectivity index (χ1) is 10.2. The highest BCUT2D eigenvalue weighted by Crippen LogP contribution is 2.19. The van der Waals surface area contributed by atoms with E-state index in [4.69, 9.17) is 4.42 Å². The van der Waals surface area contributed by atoms with Crippen LogP contribution in [-0.2, 0) is 0 Å². The van der Waals surface area contributed by atoms with Gasteiger partial charge in [0.15, 0.2) is 5.76 Å². The first-order valence-electron chi connectivity index (χ1n) is 7.11. The summed E-state index contributed by atoms with van der Waals surface area (Å²) in [7, 11) is 2.14. The molecule has 21 heavy (non-hydrogen) atoms. The minimum absolute atomic E-state index is 0.229. The van der Waals surface area contributed by atoms with E-state index in [1.807, 2.05) is 24.3 Å². The third kappa shape index (κ3) is 3.25. The number of benzene rings is 1. The van der Waals surface area contributed by atoms with Crippen LogP contribution in [-0.4, -0.2) is 44.0 Å². The summed E-state index contributed by atoms with van der Waals surface area (Å²) in [4.78, 5) is 16.6. The molecule has 1 aliphatic heterocycles. The zero-order valence-electron chi connectivity index (χ0n) is 12.1. The lowest BCUT2D eigenvalue weighted by Gasteiger charge is -2.34. The van der Waals surface area contributed by atoms with Crippen molar-refractivity contribution in [2.45, 2.75) is 0 Å². The predicted octanol–water partition coefficient (Wildman–Crippen LogP) is 2.28. The Morgan fingerprint density at radius 1 is 1.10 bits per heavy atom. The van der Waals surface area contributed by atoms with Crippen LogP contribution in [0, 0.1) is 0 Å². The van der Waals surface area contributed by atoms with Crippen LogP contribution < -0.4 is 10.2 Å². The molecule has 0 saturated carbocycles. The van der Waals surface area contributed by atoms with E-state index in [0.29, 0.717) is 5.76 Å². The van der Waals surface area contributed by atoms with Crippen LogP contribution in [0.3, 0.4) is 0 Å². The average molecular weight is 285 g/mol. The molecule has 110 valence electrons. The predicted molar refractivity (Wildman–Crippen MR) is 82.8 cm³/mol. The van der Waals surface area contributed by atoms with Crippen molar-refractivity contribution in [1.29, 1.82) is 0 Å². The zero-order chi connectivity index (χ0) is 14.7. The molecule has 0 aliphatic carbocycles. The van der Waals surface area contributed by atoms with Crippen molar-refractivity contribution in [3.8, 4) is 0 Å². The first kappa shape index (κ1) is 13.7. The monoisotopic (exact) mass is 285 g/mol. The van der Waals surface area contributed by atoms with Crippen LogP contribution in [0.25, 0.3) is 0 Å². The number of nitrogens with zero attached hydrogens (tertiary/aromatic N) is 2. The topological polar surface area (TPSA) is 48.7 Å². The van der Waals surface area contributed by atoms with Gasteiger partial charge in [0.05, 0.1) is 6.26 Å². The maximum absolute atomic E-state index is 11.9. The van der Waals surface area contributed by atoms with Crippen molar-refractivity contribution in [3.63, 3.8) is 0 Å². The lowest BCUT2D eigenvalue weighted by molar-refractivity contribution is 0.0996. The number of furan rings is 1. The average Bonchev–Trinajstić information content (AvgIpc) is 3.03. The normalized spacial score (nSPS) is 16.0. The molecule has 1 aliphatic rings. The Morgan fingerprint density at radius 2 is 1.81 bits per heavy atom. The van der Waals surface area contributed by atoms with Crippen molar-refractivity contribution >= 4 is 17.3 Å². The standard InChI is InChI=1S/C16H19N3O2/c1-18-8-10-19(11-9-18)14-6-4-13(5-7-14)17-16(20)15-3-2-12-21-15/h2-7,12H,8-11H2,1H3,(H,17,20). The van der Waals surface area contributed by atoms with E-state index >= 15 is 0 Å². The second-order valence-electron chi connectivity index (χ2n) is 5.27. The summed E-state index contributed by atoms with van der Waals surface area (Å²) in [5, 5.41) is 2.82. The molecule has 0 unspecified atom stereocenters. The molecule has 0 spiro atoms. The van der Waals surface area contributed by atoms with Gasteiger partial charge in [0.2, 0.25) is 0 Å². The van der Waals surface area contributed by atoms with Crippen LogP contribution in [0.4, 0.5) is 11.4 Å². The minimum atomic E-state index is -0.229. The summed E-state index contributed by atoms with van der Waals surface area (Å²) in [5.41, 5.74) is 1.97. The van der Waals surface area contributed by atoms with Gasteiger partial charge >= 0.3 is 0 Å². The number of carbonyl (C=O) groups is 1. The third-order valence-corrected chi connectivity index (χ3v) is 3.74. The fourth-order valence-electron chi connectivity index (χ4n) is 2.42. The van der Waals surface area contributed by atoms with Crippen LogP contribution >= 0.6 is 0 Å².